The summed E-state index contributed by atoms with van der Waals surface area (Å²) in [6.45, 7) is 3.83. The van der Waals surface area contributed by atoms with Crippen molar-refractivity contribution >= 4 is 16.9 Å². The van der Waals surface area contributed by atoms with E-state index in [2.05, 4.69) is 9.97 Å². The summed E-state index contributed by atoms with van der Waals surface area (Å²) in [4.78, 5) is 20.0. The van der Waals surface area contributed by atoms with Crippen molar-refractivity contribution in [1.29, 1.82) is 0 Å². The molecule has 0 aliphatic carbocycles. The van der Waals surface area contributed by atoms with E-state index in [4.69, 9.17) is 0 Å². The largest absolute Gasteiger partial charge is 0.343 e. The second-order valence-corrected chi connectivity index (χ2v) is 4.38. The predicted molar refractivity (Wildman–Crippen MR) is 65.8 cm³/mol. The van der Waals surface area contributed by atoms with Crippen LogP contribution in [0.2, 0.25) is 0 Å². The van der Waals surface area contributed by atoms with Gasteiger partial charge in [0.2, 0.25) is 5.95 Å². The van der Waals surface area contributed by atoms with Crippen LogP contribution in [0.5, 0.6) is 0 Å². The minimum atomic E-state index is -0.905. The van der Waals surface area contributed by atoms with Crippen molar-refractivity contribution in [3.8, 4) is 0 Å². The number of hydrogen-bond acceptors (Lipinski definition) is 3. The van der Waals surface area contributed by atoms with Crippen LogP contribution in [0.25, 0.3) is 10.9 Å². The molecule has 1 aromatic carbocycles. The summed E-state index contributed by atoms with van der Waals surface area (Å²) in [7, 11) is 1.74. The Kier molecular flexibility index (Phi) is 3.02. The van der Waals surface area contributed by atoms with Gasteiger partial charge in [-0.15, -0.1) is 0 Å². The second kappa shape index (κ2) is 4.36. The molecule has 0 bridgehead atoms. The first-order chi connectivity index (χ1) is 8.40. The lowest BCUT2D eigenvalue weighted by atomic mass is 10.2. The average Bonchev–Trinajstić information content (AvgIpc) is 2.25. The number of nitrogens with zero attached hydrogens (tertiary/aromatic N) is 2. The molecule has 6 heteroatoms. The SMILES string of the molecule is CC(C)N(C)c1nc2cc(F)cc(F)c2c(=O)[nH]1. The Hall–Kier alpha value is -1.98. The molecule has 0 fully saturated rings. The molecule has 0 aliphatic rings. The molecule has 0 atom stereocenters. The van der Waals surface area contributed by atoms with E-state index < -0.39 is 17.2 Å². The number of aromatic nitrogens is 2. The molecule has 18 heavy (non-hydrogen) atoms. The normalized spacial score (nSPS) is 11.2. The molecule has 0 unspecified atom stereocenters. The van der Waals surface area contributed by atoms with E-state index in [0.717, 1.165) is 6.07 Å². The minimum absolute atomic E-state index is 0.0127. The van der Waals surface area contributed by atoms with Gasteiger partial charge >= 0.3 is 0 Å². The van der Waals surface area contributed by atoms with Gasteiger partial charge in [0.1, 0.15) is 17.0 Å². The van der Waals surface area contributed by atoms with Gasteiger partial charge in [0.05, 0.1) is 5.52 Å². The first-order valence-electron chi connectivity index (χ1n) is 5.52. The molecular weight excluding hydrogens is 240 g/mol. The van der Waals surface area contributed by atoms with Crippen molar-refractivity contribution in [3.05, 3.63) is 34.1 Å². The van der Waals surface area contributed by atoms with Crippen molar-refractivity contribution in [2.24, 2.45) is 0 Å². The summed E-state index contributed by atoms with van der Waals surface area (Å²) in [5.74, 6) is -1.37. The van der Waals surface area contributed by atoms with Gasteiger partial charge in [-0.3, -0.25) is 9.78 Å². The Balaban J connectivity index is 2.73. The van der Waals surface area contributed by atoms with E-state index in [-0.39, 0.29) is 22.9 Å². The topological polar surface area (TPSA) is 49.0 Å². The molecule has 0 saturated carbocycles. The Morgan fingerprint density at radius 2 is 2.00 bits per heavy atom. The van der Waals surface area contributed by atoms with Crippen LogP contribution in [0.1, 0.15) is 13.8 Å². The summed E-state index contributed by atoms with van der Waals surface area (Å²) in [5.41, 5.74) is -0.598. The van der Waals surface area contributed by atoms with Gasteiger partial charge in [-0.05, 0) is 13.8 Å². The number of rotatable bonds is 2. The van der Waals surface area contributed by atoms with Crippen LogP contribution in [0.4, 0.5) is 14.7 Å². The fourth-order valence-electron chi connectivity index (χ4n) is 1.59. The first-order valence-corrected chi connectivity index (χ1v) is 5.52. The second-order valence-electron chi connectivity index (χ2n) is 4.38. The Labute approximate surface area is 102 Å². The number of fused-ring (bicyclic) bond motifs is 1. The monoisotopic (exact) mass is 253 g/mol. The summed E-state index contributed by atoms with van der Waals surface area (Å²) >= 11 is 0. The van der Waals surface area contributed by atoms with E-state index in [1.807, 2.05) is 13.8 Å². The summed E-state index contributed by atoms with van der Waals surface area (Å²) in [5, 5.41) is -0.225. The van der Waals surface area contributed by atoms with E-state index in [1.54, 1.807) is 11.9 Å². The van der Waals surface area contributed by atoms with Gasteiger partial charge in [-0.2, -0.15) is 0 Å². The molecule has 1 aromatic heterocycles. The molecule has 0 radical (unpaired) electrons. The van der Waals surface area contributed by atoms with Crippen LogP contribution < -0.4 is 10.5 Å². The first kappa shape index (κ1) is 12.5. The lowest BCUT2D eigenvalue weighted by Crippen LogP contribution is -2.29. The third-order valence-corrected chi connectivity index (χ3v) is 2.82. The van der Waals surface area contributed by atoms with Gasteiger partial charge in [-0.1, -0.05) is 0 Å². The maximum atomic E-state index is 13.5. The van der Waals surface area contributed by atoms with Crippen molar-refractivity contribution in [2.75, 3.05) is 11.9 Å². The quantitative estimate of drug-likeness (QED) is 0.891. The molecule has 1 heterocycles. The lowest BCUT2D eigenvalue weighted by molar-refractivity contribution is 0.590. The maximum Gasteiger partial charge on any atom is 0.263 e. The molecule has 2 rings (SSSR count). The van der Waals surface area contributed by atoms with Gasteiger partial charge in [0.25, 0.3) is 5.56 Å². The summed E-state index contributed by atoms with van der Waals surface area (Å²) in [6, 6.07) is 1.82. The minimum Gasteiger partial charge on any atom is -0.343 e. The maximum absolute atomic E-state index is 13.5. The summed E-state index contributed by atoms with van der Waals surface area (Å²) in [6.07, 6.45) is 0. The van der Waals surface area contributed by atoms with Crippen LogP contribution in [0.3, 0.4) is 0 Å². The number of halogens is 2. The van der Waals surface area contributed by atoms with Gasteiger partial charge in [0.15, 0.2) is 0 Å². The van der Waals surface area contributed by atoms with Crippen LogP contribution in [-0.2, 0) is 0 Å². The third kappa shape index (κ3) is 2.05. The van der Waals surface area contributed by atoms with Crippen molar-refractivity contribution in [2.45, 2.75) is 19.9 Å². The molecule has 2 aromatic rings. The molecule has 0 amide bonds. The highest BCUT2D eigenvalue weighted by Crippen LogP contribution is 2.17. The van der Waals surface area contributed by atoms with E-state index >= 15 is 0 Å². The highest BCUT2D eigenvalue weighted by Gasteiger charge is 2.14. The van der Waals surface area contributed by atoms with Crippen LogP contribution in [0, 0.1) is 11.6 Å². The molecule has 96 valence electrons. The van der Waals surface area contributed by atoms with E-state index in [0.29, 0.717) is 6.07 Å². The fourth-order valence-corrected chi connectivity index (χ4v) is 1.59. The number of aromatic amines is 1. The lowest BCUT2D eigenvalue weighted by Gasteiger charge is -2.21. The highest BCUT2D eigenvalue weighted by atomic mass is 19.1. The van der Waals surface area contributed by atoms with Crippen molar-refractivity contribution in [1.82, 2.24) is 9.97 Å². The molecule has 0 aliphatic heterocycles. The van der Waals surface area contributed by atoms with Crippen molar-refractivity contribution in [3.63, 3.8) is 0 Å². The number of benzene rings is 1. The van der Waals surface area contributed by atoms with Gasteiger partial charge in [0, 0.05) is 25.2 Å². The predicted octanol–water partition coefficient (Wildman–Crippen LogP) is 2.05. The smallest absolute Gasteiger partial charge is 0.263 e. The Morgan fingerprint density at radius 3 is 2.61 bits per heavy atom. The van der Waals surface area contributed by atoms with E-state index in [1.165, 1.54) is 0 Å². The number of anilines is 1. The number of nitrogens with one attached hydrogen (secondary N) is 1. The van der Waals surface area contributed by atoms with Crippen LogP contribution >= 0.6 is 0 Å². The van der Waals surface area contributed by atoms with Crippen molar-refractivity contribution < 1.29 is 8.78 Å². The highest BCUT2D eigenvalue weighted by molar-refractivity contribution is 5.79. The van der Waals surface area contributed by atoms with E-state index in [9.17, 15) is 13.6 Å². The molecule has 0 spiro atoms. The standard InChI is InChI=1S/C12H13F2N3O/c1-6(2)17(3)12-15-9-5-7(13)4-8(14)10(9)11(18)16-12/h4-6H,1-3H3,(H,15,16,18). The fraction of sp³-hybridized carbons (Fsp3) is 0.333. The molecule has 0 saturated heterocycles. The zero-order chi connectivity index (χ0) is 13.4. The molecular formula is C12H13F2N3O. The number of H-pyrrole nitrogens is 1. The van der Waals surface area contributed by atoms with Gasteiger partial charge < -0.3 is 4.90 Å². The number of hydrogen-bond donors (Lipinski definition) is 1. The zero-order valence-corrected chi connectivity index (χ0v) is 10.3. The van der Waals surface area contributed by atoms with Crippen LogP contribution in [0.15, 0.2) is 16.9 Å². The van der Waals surface area contributed by atoms with Gasteiger partial charge in [-0.25, -0.2) is 13.8 Å². The van der Waals surface area contributed by atoms with Crippen LogP contribution in [-0.4, -0.2) is 23.1 Å². The zero-order valence-electron chi connectivity index (χ0n) is 10.3. The molecule has 4 nitrogen and oxygen atoms in total. The third-order valence-electron chi connectivity index (χ3n) is 2.82. The average molecular weight is 253 g/mol. The Morgan fingerprint density at radius 1 is 1.33 bits per heavy atom. The Bertz CT molecular complexity index is 652. The summed E-state index contributed by atoms with van der Waals surface area (Å²) < 4.78 is 26.6. The molecule has 1 N–H and O–H groups in total.